The fourth-order valence-corrected chi connectivity index (χ4v) is 1.62. The van der Waals surface area contributed by atoms with Crippen molar-refractivity contribution in [3.05, 3.63) is 23.9 Å². The fraction of sp³-hybridized carbons (Fsp3) is 0.615. The standard InChI is InChI=1S/C13H23N3O/c1-5-14-13-7-6-12(8-15-13)9-16(3)11(2)10-17-4/h6-8,11H,5,9-10H2,1-4H3,(H,14,15). The van der Waals surface area contributed by atoms with E-state index in [1.807, 2.05) is 12.3 Å². The molecule has 1 aromatic heterocycles. The molecule has 0 saturated heterocycles. The van der Waals surface area contributed by atoms with Crippen molar-refractivity contribution in [2.75, 3.05) is 32.6 Å². The second-order valence-corrected chi connectivity index (χ2v) is 4.30. The normalized spacial score (nSPS) is 12.8. The third-order valence-corrected chi connectivity index (χ3v) is 2.77. The number of likely N-dealkylation sites (N-methyl/N-ethyl adjacent to an activating group) is 1. The molecule has 1 atom stereocenters. The number of ether oxygens (including phenoxy) is 1. The minimum Gasteiger partial charge on any atom is -0.383 e. The van der Waals surface area contributed by atoms with Crippen LogP contribution in [-0.4, -0.2) is 43.2 Å². The Morgan fingerprint density at radius 2 is 2.24 bits per heavy atom. The fourth-order valence-electron chi connectivity index (χ4n) is 1.62. The number of anilines is 1. The molecule has 1 rings (SSSR count). The Balaban J connectivity index is 2.50. The predicted octanol–water partition coefficient (Wildman–Crippen LogP) is 1.98. The maximum Gasteiger partial charge on any atom is 0.125 e. The van der Waals surface area contributed by atoms with Crippen LogP contribution in [0.25, 0.3) is 0 Å². The van der Waals surface area contributed by atoms with Gasteiger partial charge in [-0.2, -0.15) is 0 Å². The first-order valence-electron chi connectivity index (χ1n) is 6.05. The van der Waals surface area contributed by atoms with Gasteiger partial charge in [0.2, 0.25) is 0 Å². The number of nitrogens with zero attached hydrogens (tertiary/aromatic N) is 2. The molecule has 17 heavy (non-hydrogen) atoms. The number of hydrogen-bond donors (Lipinski definition) is 1. The highest BCUT2D eigenvalue weighted by Crippen LogP contribution is 2.08. The summed E-state index contributed by atoms with van der Waals surface area (Å²) in [7, 11) is 3.83. The largest absolute Gasteiger partial charge is 0.383 e. The highest BCUT2D eigenvalue weighted by molar-refractivity contribution is 5.35. The average Bonchev–Trinajstić information content (AvgIpc) is 2.32. The Hall–Kier alpha value is -1.13. The van der Waals surface area contributed by atoms with Gasteiger partial charge in [-0.15, -0.1) is 0 Å². The zero-order valence-electron chi connectivity index (χ0n) is 11.2. The van der Waals surface area contributed by atoms with Gasteiger partial charge in [0.25, 0.3) is 0 Å². The molecular weight excluding hydrogens is 214 g/mol. The summed E-state index contributed by atoms with van der Waals surface area (Å²) in [6.45, 7) is 6.76. The zero-order chi connectivity index (χ0) is 12.7. The molecule has 0 fully saturated rings. The van der Waals surface area contributed by atoms with E-state index in [1.54, 1.807) is 7.11 Å². The van der Waals surface area contributed by atoms with E-state index >= 15 is 0 Å². The molecule has 0 amide bonds. The van der Waals surface area contributed by atoms with Crippen molar-refractivity contribution in [3.8, 4) is 0 Å². The third kappa shape index (κ3) is 4.71. The quantitative estimate of drug-likeness (QED) is 0.787. The summed E-state index contributed by atoms with van der Waals surface area (Å²) in [6.07, 6.45) is 1.92. The maximum atomic E-state index is 5.15. The summed E-state index contributed by atoms with van der Waals surface area (Å²) < 4.78 is 5.15. The number of nitrogens with one attached hydrogen (secondary N) is 1. The highest BCUT2D eigenvalue weighted by atomic mass is 16.5. The van der Waals surface area contributed by atoms with Crippen LogP contribution in [0.5, 0.6) is 0 Å². The molecule has 0 radical (unpaired) electrons. The molecule has 0 bridgehead atoms. The smallest absolute Gasteiger partial charge is 0.125 e. The lowest BCUT2D eigenvalue weighted by atomic mass is 10.2. The van der Waals surface area contributed by atoms with Crippen LogP contribution in [0.2, 0.25) is 0 Å². The van der Waals surface area contributed by atoms with Crippen molar-refractivity contribution in [1.82, 2.24) is 9.88 Å². The molecular formula is C13H23N3O. The van der Waals surface area contributed by atoms with Crippen LogP contribution >= 0.6 is 0 Å². The number of methoxy groups -OCH3 is 1. The first-order chi connectivity index (χ1) is 8.17. The Morgan fingerprint density at radius 1 is 1.47 bits per heavy atom. The number of pyridine rings is 1. The molecule has 4 heteroatoms. The van der Waals surface area contributed by atoms with Crippen LogP contribution in [0.15, 0.2) is 18.3 Å². The molecule has 4 nitrogen and oxygen atoms in total. The zero-order valence-corrected chi connectivity index (χ0v) is 11.2. The monoisotopic (exact) mass is 237 g/mol. The van der Waals surface area contributed by atoms with E-state index in [1.165, 1.54) is 5.56 Å². The van der Waals surface area contributed by atoms with Gasteiger partial charge in [-0.3, -0.25) is 4.90 Å². The summed E-state index contributed by atoms with van der Waals surface area (Å²) in [5.74, 6) is 0.934. The lowest BCUT2D eigenvalue weighted by Crippen LogP contribution is -2.32. The second kappa shape index (κ2) is 7.25. The molecule has 1 N–H and O–H groups in total. The lowest BCUT2D eigenvalue weighted by Gasteiger charge is -2.23. The van der Waals surface area contributed by atoms with Gasteiger partial charge >= 0.3 is 0 Å². The van der Waals surface area contributed by atoms with Crippen LogP contribution in [0.3, 0.4) is 0 Å². The number of hydrogen-bond acceptors (Lipinski definition) is 4. The van der Waals surface area contributed by atoms with E-state index in [-0.39, 0.29) is 0 Å². The Labute approximate surface area is 104 Å². The molecule has 96 valence electrons. The summed E-state index contributed by atoms with van der Waals surface area (Å²) >= 11 is 0. The molecule has 0 aliphatic rings. The van der Waals surface area contributed by atoms with Crippen LogP contribution in [0.1, 0.15) is 19.4 Å². The Bertz CT molecular complexity index is 313. The molecule has 1 unspecified atom stereocenters. The topological polar surface area (TPSA) is 37.4 Å². The summed E-state index contributed by atoms with van der Waals surface area (Å²) in [6, 6.07) is 4.54. The number of aromatic nitrogens is 1. The minimum absolute atomic E-state index is 0.411. The van der Waals surface area contributed by atoms with Crippen LogP contribution in [0.4, 0.5) is 5.82 Å². The molecule has 0 aliphatic heterocycles. The van der Waals surface area contributed by atoms with Crippen molar-refractivity contribution >= 4 is 5.82 Å². The van der Waals surface area contributed by atoms with E-state index in [2.05, 4.69) is 42.2 Å². The van der Waals surface area contributed by atoms with E-state index in [0.717, 1.165) is 25.5 Å². The average molecular weight is 237 g/mol. The van der Waals surface area contributed by atoms with Crippen molar-refractivity contribution in [1.29, 1.82) is 0 Å². The van der Waals surface area contributed by atoms with Crippen LogP contribution < -0.4 is 5.32 Å². The molecule has 1 aromatic rings. The molecule has 1 heterocycles. The predicted molar refractivity (Wildman–Crippen MR) is 71.2 cm³/mol. The van der Waals surface area contributed by atoms with Crippen LogP contribution in [-0.2, 0) is 11.3 Å². The Kier molecular flexibility index (Phi) is 5.94. The summed E-state index contributed by atoms with van der Waals surface area (Å²) in [5, 5.41) is 3.19. The first kappa shape index (κ1) is 13.9. The lowest BCUT2D eigenvalue weighted by molar-refractivity contribution is 0.112. The SMILES string of the molecule is CCNc1ccc(CN(C)C(C)COC)cn1. The van der Waals surface area contributed by atoms with Crippen molar-refractivity contribution in [3.63, 3.8) is 0 Å². The second-order valence-electron chi connectivity index (χ2n) is 4.30. The first-order valence-corrected chi connectivity index (χ1v) is 6.05. The summed E-state index contributed by atoms with van der Waals surface area (Å²) in [4.78, 5) is 6.62. The molecule has 0 aromatic carbocycles. The van der Waals surface area contributed by atoms with E-state index in [4.69, 9.17) is 4.74 Å². The Morgan fingerprint density at radius 3 is 2.76 bits per heavy atom. The van der Waals surface area contributed by atoms with Gasteiger partial charge in [0, 0.05) is 32.4 Å². The minimum atomic E-state index is 0.411. The van der Waals surface area contributed by atoms with E-state index in [9.17, 15) is 0 Å². The van der Waals surface area contributed by atoms with Gasteiger partial charge in [0.15, 0.2) is 0 Å². The summed E-state index contributed by atoms with van der Waals surface area (Å²) in [5.41, 5.74) is 1.22. The maximum absolute atomic E-state index is 5.15. The van der Waals surface area contributed by atoms with Gasteiger partial charge in [-0.25, -0.2) is 4.98 Å². The van der Waals surface area contributed by atoms with Gasteiger partial charge < -0.3 is 10.1 Å². The van der Waals surface area contributed by atoms with Gasteiger partial charge in [-0.05, 0) is 32.5 Å². The van der Waals surface area contributed by atoms with Crippen molar-refractivity contribution in [2.45, 2.75) is 26.4 Å². The van der Waals surface area contributed by atoms with Crippen LogP contribution in [0, 0.1) is 0 Å². The number of rotatable bonds is 7. The van der Waals surface area contributed by atoms with Gasteiger partial charge in [0.05, 0.1) is 6.61 Å². The van der Waals surface area contributed by atoms with Crippen molar-refractivity contribution in [2.24, 2.45) is 0 Å². The van der Waals surface area contributed by atoms with Crippen molar-refractivity contribution < 1.29 is 4.74 Å². The van der Waals surface area contributed by atoms with Gasteiger partial charge in [0.1, 0.15) is 5.82 Å². The highest BCUT2D eigenvalue weighted by Gasteiger charge is 2.09. The van der Waals surface area contributed by atoms with E-state index in [0.29, 0.717) is 6.04 Å². The third-order valence-electron chi connectivity index (χ3n) is 2.77. The molecule has 0 saturated carbocycles. The molecule has 0 spiro atoms. The van der Waals surface area contributed by atoms with E-state index < -0.39 is 0 Å². The molecule has 0 aliphatic carbocycles. The van der Waals surface area contributed by atoms with Gasteiger partial charge in [-0.1, -0.05) is 6.07 Å².